The summed E-state index contributed by atoms with van der Waals surface area (Å²) in [4.78, 5) is 12.2. The molecule has 0 bridgehead atoms. The van der Waals surface area contributed by atoms with E-state index in [9.17, 15) is 4.79 Å². The van der Waals surface area contributed by atoms with Crippen molar-refractivity contribution in [2.24, 2.45) is 7.05 Å². The van der Waals surface area contributed by atoms with Gasteiger partial charge >= 0.3 is 6.03 Å². The minimum atomic E-state index is -0.266. The molecule has 0 aliphatic rings. The third kappa shape index (κ3) is 3.54. The van der Waals surface area contributed by atoms with E-state index in [1.165, 1.54) is 0 Å². The van der Waals surface area contributed by atoms with Crippen molar-refractivity contribution in [3.8, 4) is 0 Å². The largest absolute Gasteiger partial charge is 0.459 e. The Kier molecular flexibility index (Phi) is 4.49. The summed E-state index contributed by atoms with van der Waals surface area (Å²) in [7, 11) is 1.84. The van der Waals surface area contributed by atoms with Crippen molar-refractivity contribution in [2.75, 3.05) is 0 Å². The lowest BCUT2D eigenvalue weighted by molar-refractivity contribution is 0.233. The molecule has 1 aromatic carbocycles. The molecule has 0 aliphatic heterocycles. The lowest BCUT2D eigenvalue weighted by Gasteiger charge is -2.16. The molecule has 126 valence electrons. The van der Waals surface area contributed by atoms with Crippen molar-refractivity contribution in [3.63, 3.8) is 0 Å². The number of aromatic nitrogens is 2. The Labute approximate surface area is 144 Å². The Morgan fingerprint density at radius 3 is 2.71 bits per heavy atom. The Morgan fingerprint density at radius 2 is 2.00 bits per heavy atom. The first-order valence-electron chi connectivity index (χ1n) is 7.67. The highest BCUT2D eigenvalue weighted by atomic mass is 35.5. The summed E-state index contributed by atoms with van der Waals surface area (Å²) in [5.41, 5.74) is 1.69. The molecule has 0 spiro atoms. The third-order valence-electron chi connectivity index (χ3n) is 3.84. The van der Waals surface area contributed by atoms with Crippen molar-refractivity contribution in [1.29, 1.82) is 0 Å². The molecule has 2 N–H and O–H groups in total. The van der Waals surface area contributed by atoms with E-state index in [1.54, 1.807) is 16.9 Å². The second-order valence-corrected chi connectivity index (χ2v) is 6.28. The number of fused-ring (bicyclic) bond motifs is 1. The summed E-state index contributed by atoms with van der Waals surface area (Å²) in [5.74, 6) is 0.677. The molecule has 0 saturated carbocycles. The molecule has 24 heavy (non-hydrogen) atoms. The predicted octanol–water partition coefficient (Wildman–Crippen LogP) is 3.94. The number of benzene rings is 1. The van der Waals surface area contributed by atoms with Crippen LogP contribution in [0.25, 0.3) is 11.0 Å². The fraction of sp³-hybridized carbons (Fsp3) is 0.294. The van der Waals surface area contributed by atoms with Crippen LogP contribution in [-0.4, -0.2) is 15.8 Å². The number of nitrogens with zero attached hydrogens (tertiary/aromatic N) is 2. The molecule has 0 aliphatic carbocycles. The molecule has 0 saturated heterocycles. The van der Waals surface area contributed by atoms with Crippen LogP contribution in [0.15, 0.2) is 41.1 Å². The smallest absolute Gasteiger partial charge is 0.315 e. The summed E-state index contributed by atoms with van der Waals surface area (Å²) >= 11 is 5.98. The number of nitrogens with one attached hydrogen (secondary N) is 2. The van der Waals surface area contributed by atoms with Gasteiger partial charge in [-0.3, -0.25) is 4.68 Å². The van der Waals surface area contributed by atoms with Gasteiger partial charge < -0.3 is 15.1 Å². The number of furan rings is 1. The van der Waals surface area contributed by atoms with E-state index in [-0.39, 0.29) is 18.1 Å². The van der Waals surface area contributed by atoms with E-state index >= 15 is 0 Å². The van der Waals surface area contributed by atoms with E-state index in [1.807, 2.05) is 45.3 Å². The molecule has 6 nitrogen and oxygen atoms in total. The fourth-order valence-corrected chi connectivity index (χ4v) is 2.68. The minimum Gasteiger partial charge on any atom is -0.459 e. The predicted molar refractivity (Wildman–Crippen MR) is 92.9 cm³/mol. The monoisotopic (exact) mass is 346 g/mol. The van der Waals surface area contributed by atoms with E-state index in [0.29, 0.717) is 10.8 Å². The van der Waals surface area contributed by atoms with E-state index in [4.69, 9.17) is 16.0 Å². The zero-order valence-corrected chi connectivity index (χ0v) is 14.5. The first-order chi connectivity index (χ1) is 11.4. The molecular formula is C17H19ClN4O2. The summed E-state index contributed by atoms with van der Waals surface area (Å²) in [6.07, 6.45) is 3.61. The molecule has 7 heteroatoms. The molecule has 3 aromatic rings. The second-order valence-electron chi connectivity index (χ2n) is 5.84. The van der Waals surface area contributed by atoms with Crippen LogP contribution in [0.1, 0.15) is 37.3 Å². The number of amides is 2. The van der Waals surface area contributed by atoms with E-state index < -0.39 is 0 Å². The van der Waals surface area contributed by atoms with Gasteiger partial charge in [0.1, 0.15) is 11.3 Å². The zero-order chi connectivity index (χ0) is 17.3. The topological polar surface area (TPSA) is 72.1 Å². The molecular weight excluding hydrogens is 328 g/mol. The summed E-state index contributed by atoms with van der Waals surface area (Å²) in [5, 5.41) is 11.4. The van der Waals surface area contributed by atoms with Gasteiger partial charge in [0.2, 0.25) is 0 Å². The Morgan fingerprint density at radius 1 is 1.25 bits per heavy atom. The van der Waals surface area contributed by atoms with E-state index in [0.717, 1.165) is 16.5 Å². The molecule has 2 aromatic heterocycles. The van der Waals surface area contributed by atoms with Crippen molar-refractivity contribution in [3.05, 3.63) is 53.0 Å². The first kappa shape index (κ1) is 16.4. The van der Waals surface area contributed by atoms with Crippen LogP contribution in [0.3, 0.4) is 0 Å². The van der Waals surface area contributed by atoms with Gasteiger partial charge in [0.05, 0.1) is 18.3 Å². The highest BCUT2D eigenvalue weighted by molar-refractivity contribution is 6.31. The lowest BCUT2D eigenvalue weighted by atomic mass is 10.2. The highest BCUT2D eigenvalue weighted by Crippen LogP contribution is 2.26. The number of aryl methyl sites for hydroxylation is 1. The molecule has 0 radical (unpaired) electrons. The van der Waals surface area contributed by atoms with Gasteiger partial charge in [0, 0.05) is 29.2 Å². The van der Waals surface area contributed by atoms with Crippen LogP contribution >= 0.6 is 11.6 Å². The van der Waals surface area contributed by atoms with Gasteiger partial charge in [-0.15, -0.1) is 0 Å². The van der Waals surface area contributed by atoms with Gasteiger partial charge in [-0.1, -0.05) is 11.6 Å². The average Bonchev–Trinajstić information content (AvgIpc) is 3.12. The van der Waals surface area contributed by atoms with Crippen LogP contribution < -0.4 is 10.6 Å². The van der Waals surface area contributed by atoms with Crippen LogP contribution in [0.5, 0.6) is 0 Å². The standard InChI is InChI=1S/C17H19ClN4O2/c1-10(13-8-19-22(3)9-13)20-17(23)21-11(2)16-7-12-6-14(18)4-5-15(12)24-16/h4-11H,1-3H3,(H2,20,21,23)/t10-,11+/m0/s1. The lowest BCUT2D eigenvalue weighted by Crippen LogP contribution is -2.38. The maximum Gasteiger partial charge on any atom is 0.315 e. The number of urea groups is 1. The van der Waals surface area contributed by atoms with Gasteiger partial charge in [-0.25, -0.2) is 4.79 Å². The highest BCUT2D eigenvalue weighted by Gasteiger charge is 2.16. The quantitative estimate of drug-likeness (QED) is 0.751. The third-order valence-corrected chi connectivity index (χ3v) is 4.08. The minimum absolute atomic E-state index is 0.139. The maximum absolute atomic E-state index is 12.2. The van der Waals surface area contributed by atoms with Gasteiger partial charge in [-0.05, 0) is 38.1 Å². The van der Waals surface area contributed by atoms with Gasteiger partial charge in [0.15, 0.2) is 0 Å². The van der Waals surface area contributed by atoms with Crippen LogP contribution in [-0.2, 0) is 7.05 Å². The number of carbonyl (C=O) groups excluding carboxylic acids is 1. The molecule has 0 fully saturated rings. The summed E-state index contributed by atoms with van der Waals surface area (Å²) in [6.45, 7) is 3.78. The number of hydrogen-bond acceptors (Lipinski definition) is 3. The van der Waals surface area contributed by atoms with Crippen molar-refractivity contribution in [2.45, 2.75) is 25.9 Å². The van der Waals surface area contributed by atoms with Crippen molar-refractivity contribution < 1.29 is 9.21 Å². The van der Waals surface area contributed by atoms with E-state index in [2.05, 4.69) is 15.7 Å². The van der Waals surface area contributed by atoms with Crippen molar-refractivity contribution >= 4 is 28.6 Å². The van der Waals surface area contributed by atoms with Crippen molar-refractivity contribution in [1.82, 2.24) is 20.4 Å². The first-order valence-corrected chi connectivity index (χ1v) is 8.05. The van der Waals surface area contributed by atoms with Crippen LogP contribution in [0.4, 0.5) is 4.79 Å². The Balaban J connectivity index is 1.64. The normalized spacial score (nSPS) is 13.7. The molecule has 0 unspecified atom stereocenters. The number of halogens is 1. The molecule has 3 rings (SSSR count). The fourth-order valence-electron chi connectivity index (χ4n) is 2.50. The Hall–Kier alpha value is -2.47. The zero-order valence-electron chi connectivity index (χ0n) is 13.7. The average molecular weight is 347 g/mol. The summed E-state index contributed by atoms with van der Waals surface area (Å²) in [6, 6.07) is 6.64. The molecule has 2 amide bonds. The van der Waals surface area contributed by atoms with Crippen LogP contribution in [0.2, 0.25) is 5.02 Å². The molecule has 2 heterocycles. The molecule has 2 atom stereocenters. The van der Waals surface area contributed by atoms with Crippen LogP contribution in [0, 0.1) is 0 Å². The SMILES string of the molecule is C[C@H](NC(=O)N[C@H](C)c1cc2cc(Cl)ccc2o1)c1cnn(C)c1. The second kappa shape index (κ2) is 6.57. The van der Waals surface area contributed by atoms with Gasteiger partial charge in [-0.2, -0.15) is 5.10 Å². The summed E-state index contributed by atoms with van der Waals surface area (Å²) < 4.78 is 7.47. The number of hydrogen-bond donors (Lipinski definition) is 2. The number of rotatable bonds is 4. The number of carbonyl (C=O) groups is 1. The van der Waals surface area contributed by atoms with Gasteiger partial charge in [0.25, 0.3) is 0 Å². The Bertz CT molecular complexity index is 870. The maximum atomic E-state index is 12.2.